The van der Waals surface area contributed by atoms with Crippen LogP contribution in [0.4, 0.5) is 8.78 Å². The molecule has 2 N–H and O–H groups in total. The van der Waals surface area contributed by atoms with E-state index in [9.17, 15) is 19.0 Å². The fraction of sp³-hybridized carbons (Fsp3) is 0.250. The summed E-state index contributed by atoms with van der Waals surface area (Å²) in [6.45, 7) is 0.0292. The predicted octanol–water partition coefficient (Wildman–Crippen LogP) is 8.75. The number of hydrogen-bond donors (Lipinski definition) is 2. The van der Waals surface area contributed by atoms with Crippen molar-refractivity contribution in [2.24, 2.45) is 0 Å². The third kappa shape index (κ3) is 12.8. The van der Waals surface area contributed by atoms with Gasteiger partial charge in [0.05, 0.1) is 39.6 Å². The van der Waals surface area contributed by atoms with Gasteiger partial charge in [-0.2, -0.15) is 0 Å². The molecule has 0 heterocycles. The molecule has 0 bridgehead atoms. The summed E-state index contributed by atoms with van der Waals surface area (Å²) in [6.07, 6.45) is -5.40. The number of ether oxygens (including phenoxy) is 6. The van der Waals surface area contributed by atoms with Gasteiger partial charge in [-0.25, -0.2) is 8.78 Å². The Labute approximate surface area is 338 Å². The molecule has 0 radical (unpaired) electrons. The van der Waals surface area contributed by atoms with E-state index >= 15 is 0 Å². The van der Waals surface area contributed by atoms with Gasteiger partial charge in [0.1, 0.15) is 60.8 Å². The molecule has 6 aromatic carbocycles. The lowest BCUT2D eigenvalue weighted by molar-refractivity contribution is -0.170. The van der Waals surface area contributed by atoms with Crippen molar-refractivity contribution in [2.45, 2.75) is 64.1 Å². The summed E-state index contributed by atoms with van der Waals surface area (Å²) < 4.78 is 65.6. The molecule has 8 nitrogen and oxygen atoms in total. The van der Waals surface area contributed by atoms with Crippen molar-refractivity contribution in [3.05, 3.63) is 203 Å². The smallest absolute Gasteiger partial charge is 0.128 e. The minimum atomic E-state index is -1.58. The molecule has 6 aromatic rings. The third-order valence-corrected chi connectivity index (χ3v) is 9.43. The Hall–Kier alpha value is -5.46. The number of aliphatic hydroxyl groups excluding tert-OH is 2. The average molecular weight is 791 g/mol. The highest BCUT2D eigenvalue weighted by molar-refractivity contribution is 5.34. The molecule has 0 spiro atoms. The van der Waals surface area contributed by atoms with Gasteiger partial charge < -0.3 is 38.6 Å². The standard InChI is InChI=1S/C48H48F2O8/c49-41-23-11-7-19-37(41)29-53-33-45(57-31-39-21-9-13-25-43(39)55-27-35-15-3-1-4-16-35)47(51)48(52)46(34-54-30-38-20-8-12-24-42(38)50)58-32-40-22-10-14-26-44(40)56-28-36-17-5-2-6-18-36/h1-26,45-48,51-52H,27-34H2/t45-,46-,47-,48-/m1/s1. The van der Waals surface area contributed by atoms with Gasteiger partial charge in [0.15, 0.2) is 0 Å². The third-order valence-electron chi connectivity index (χ3n) is 9.43. The van der Waals surface area contributed by atoms with Crippen LogP contribution in [0.3, 0.4) is 0 Å². The molecule has 58 heavy (non-hydrogen) atoms. The molecule has 0 fully saturated rings. The second-order valence-corrected chi connectivity index (χ2v) is 13.7. The minimum Gasteiger partial charge on any atom is -0.489 e. The molecule has 4 atom stereocenters. The molecule has 0 aliphatic rings. The first-order valence-electron chi connectivity index (χ1n) is 19.2. The maximum Gasteiger partial charge on any atom is 0.128 e. The van der Waals surface area contributed by atoms with Crippen LogP contribution in [0.2, 0.25) is 0 Å². The Balaban J connectivity index is 1.18. The van der Waals surface area contributed by atoms with E-state index in [-0.39, 0.29) is 39.6 Å². The summed E-state index contributed by atoms with van der Waals surface area (Å²) in [4.78, 5) is 0. The van der Waals surface area contributed by atoms with Crippen molar-refractivity contribution in [2.75, 3.05) is 13.2 Å². The molecule has 0 amide bonds. The second kappa shape index (κ2) is 22.5. The highest BCUT2D eigenvalue weighted by Crippen LogP contribution is 2.25. The highest BCUT2D eigenvalue weighted by Gasteiger charge is 2.35. The van der Waals surface area contributed by atoms with Gasteiger partial charge in [0.25, 0.3) is 0 Å². The molecule has 6 rings (SSSR count). The van der Waals surface area contributed by atoms with Gasteiger partial charge in [-0.05, 0) is 35.4 Å². The summed E-state index contributed by atoms with van der Waals surface area (Å²) in [5.41, 5.74) is 4.04. The first kappa shape index (κ1) is 42.2. The fourth-order valence-corrected chi connectivity index (χ4v) is 6.12. The van der Waals surface area contributed by atoms with E-state index in [0.29, 0.717) is 47.0 Å². The van der Waals surface area contributed by atoms with Crippen LogP contribution in [0, 0.1) is 11.6 Å². The monoisotopic (exact) mass is 790 g/mol. The maximum atomic E-state index is 14.5. The van der Waals surface area contributed by atoms with Crippen LogP contribution in [0.1, 0.15) is 33.4 Å². The lowest BCUT2D eigenvalue weighted by atomic mass is 10.0. The van der Waals surface area contributed by atoms with Gasteiger partial charge in [-0.15, -0.1) is 0 Å². The number of para-hydroxylation sites is 2. The van der Waals surface area contributed by atoms with Crippen LogP contribution in [-0.2, 0) is 58.6 Å². The second-order valence-electron chi connectivity index (χ2n) is 13.7. The lowest BCUT2D eigenvalue weighted by Crippen LogP contribution is -2.49. The van der Waals surface area contributed by atoms with Crippen LogP contribution in [0.15, 0.2) is 158 Å². The zero-order chi connectivity index (χ0) is 40.4. The van der Waals surface area contributed by atoms with Crippen LogP contribution < -0.4 is 9.47 Å². The van der Waals surface area contributed by atoms with Gasteiger partial charge in [-0.3, -0.25) is 0 Å². The summed E-state index contributed by atoms with van der Waals surface area (Å²) in [6, 6.07) is 46.7. The van der Waals surface area contributed by atoms with Crippen molar-refractivity contribution in [3.8, 4) is 11.5 Å². The van der Waals surface area contributed by atoms with E-state index in [1.807, 2.05) is 109 Å². The number of aliphatic hydroxyl groups is 2. The fourth-order valence-electron chi connectivity index (χ4n) is 6.12. The molecule has 0 aliphatic carbocycles. The Morgan fingerprint density at radius 1 is 0.379 bits per heavy atom. The van der Waals surface area contributed by atoms with Crippen molar-refractivity contribution >= 4 is 0 Å². The number of rotatable bonds is 23. The van der Waals surface area contributed by atoms with Crippen molar-refractivity contribution in [1.82, 2.24) is 0 Å². The Morgan fingerprint density at radius 3 is 1.12 bits per heavy atom. The molecule has 0 aromatic heterocycles. The van der Waals surface area contributed by atoms with E-state index in [4.69, 9.17) is 28.4 Å². The van der Waals surface area contributed by atoms with E-state index in [2.05, 4.69) is 0 Å². The van der Waals surface area contributed by atoms with E-state index in [1.165, 1.54) is 12.1 Å². The zero-order valence-electron chi connectivity index (χ0n) is 32.1. The Morgan fingerprint density at radius 2 is 0.724 bits per heavy atom. The quantitative estimate of drug-likeness (QED) is 0.0666. The molecular weight excluding hydrogens is 743 g/mol. The van der Waals surface area contributed by atoms with Gasteiger partial charge in [0, 0.05) is 22.3 Å². The van der Waals surface area contributed by atoms with Crippen molar-refractivity contribution in [1.29, 1.82) is 0 Å². The molecule has 0 saturated carbocycles. The molecule has 0 unspecified atom stereocenters. The number of benzene rings is 6. The molecule has 0 aliphatic heterocycles. The number of halogens is 2. The topological polar surface area (TPSA) is 95.8 Å². The predicted molar refractivity (Wildman–Crippen MR) is 216 cm³/mol. The zero-order valence-corrected chi connectivity index (χ0v) is 32.1. The van der Waals surface area contributed by atoms with Crippen LogP contribution in [-0.4, -0.2) is 47.8 Å². The molecule has 0 saturated heterocycles. The summed E-state index contributed by atoms with van der Waals surface area (Å²) in [7, 11) is 0. The van der Waals surface area contributed by atoms with Crippen molar-refractivity contribution < 1.29 is 47.4 Å². The first-order valence-corrected chi connectivity index (χ1v) is 19.2. The van der Waals surface area contributed by atoms with Crippen molar-refractivity contribution in [3.63, 3.8) is 0 Å². The van der Waals surface area contributed by atoms with Crippen LogP contribution in [0.5, 0.6) is 11.5 Å². The maximum absolute atomic E-state index is 14.5. The minimum absolute atomic E-state index is 0.0100. The van der Waals surface area contributed by atoms with Gasteiger partial charge in [-0.1, -0.05) is 133 Å². The highest BCUT2D eigenvalue weighted by atomic mass is 19.1. The number of hydrogen-bond acceptors (Lipinski definition) is 8. The van der Waals surface area contributed by atoms with Gasteiger partial charge >= 0.3 is 0 Å². The largest absolute Gasteiger partial charge is 0.489 e. The Bertz CT molecular complexity index is 1950. The molecule has 10 heteroatoms. The van der Waals surface area contributed by atoms with E-state index in [0.717, 1.165) is 11.1 Å². The van der Waals surface area contributed by atoms with E-state index in [1.54, 1.807) is 36.4 Å². The summed E-state index contributed by atoms with van der Waals surface area (Å²) in [5.74, 6) is 0.309. The summed E-state index contributed by atoms with van der Waals surface area (Å²) >= 11 is 0. The Kier molecular flexibility index (Phi) is 16.3. The average Bonchev–Trinajstić information content (AvgIpc) is 3.26. The van der Waals surface area contributed by atoms with Gasteiger partial charge in [0.2, 0.25) is 0 Å². The first-order chi connectivity index (χ1) is 28.4. The van der Waals surface area contributed by atoms with Crippen LogP contribution >= 0.6 is 0 Å². The summed E-state index contributed by atoms with van der Waals surface area (Å²) in [5, 5.41) is 23.7. The molecular formula is C48H48F2O8. The normalized spacial score (nSPS) is 13.4. The lowest BCUT2D eigenvalue weighted by Gasteiger charge is -2.32. The SMILES string of the molecule is O[C@@H]([C@H](O)[C@@H](COCc1ccccc1F)OCc1ccccc1OCc1ccccc1)[C@@H](COCc1ccccc1F)OCc1ccccc1OCc1ccccc1. The van der Waals surface area contributed by atoms with E-state index < -0.39 is 36.1 Å². The molecule has 302 valence electrons. The van der Waals surface area contributed by atoms with Crippen LogP contribution in [0.25, 0.3) is 0 Å².